The summed E-state index contributed by atoms with van der Waals surface area (Å²) in [5.41, 5.74) is 10.2. The maximum atomic E-state index is 12.3. The van der Waals surface area contributed by atoms with Gasteiger partial charge in [0, 0.05) is 29.6 Å². The molecule has 3 aromatic carbocycles. The van der Waals surface area contributed by atoms with E-state index < -0.39 is 23.6 Å². The zero-order valence-corrected chi connectivity index (χ0v) is 25.4. The number of aliphatic imine (C=N–C) groups is 1. The van der Waals surface area contributed by atoms with Crippen LogP contribution in [0.15, 0.2) is 77.8 Å². The van der Waals surface area contributed by atoms with Crippen LogP contribution in [-0.2, 0) is 20.8 Å². The van der Waals surface area contributed by atoms with Gasteiger partial charge in [-0.1, -0.05) is 48.5 Å². The average Bonchev–Trinajstić information content (AvgIpc) is 3.29. The summed E-state index contributed by atoms with van der Waals surface area (Å²) in [4.78, 5) is 34.5. The highest BCUT2D eigenvalue weighted by molar-refractivity contribution is 6.22. The summed E-state index contributed by atoms with van der Waals surface area (Å²) in [6.45, 7) is 8.82. The number of carbonyl (C=O) groups excluding carboxylic acids is 2. The van der Waals surface area contributed by atoms with Gasteiger partial charge in [0.2, 0.25) is 0 Å². The Morgan fingerprint density at radius 1 is 1.02 bits per heavy atom. The molecule has 1 aromatic heterocycles. The molecular formula is C34H40N4O5. The fraction of sp³-hybridized carbons (Fsp3) is 0.324. The van der Waals surface area contributed by atoms with Crippen molar-refractivity contribution in [2.75, 3.05) is 20.2 Å². The van der Waals surface area contributed by atoms with Crippen LogP contribution < -0.4 is 5.73 Å². The van der Waals surface area contributed by atoms with Crippen molar-refractivity contribution in [3.05, 3.63) is 95.1 Å². The number of nitrogens with one attached hydrogen (secondary N) is 1. The van der Waals surface area contributed by atoms with Crippen molar-refractivity contribution >= 4 is 34.2 Å². The fourth-order valence-corrected chi connectivity index (χ4v) is 4.68. The van der Waals surface area contributed by atoms with Crippen LogP contribution >= 0.6 is 0 Å². The van der Waals surface area contributed by atoms with Crippen LogP contribution in [0.3, 0.4) is 0 Å². The van der Waals surface area contributed by atoms with E-state index in [2.05, 4.69) is 9.88 Å². The molecule has 1 unspecified atom stereocenters. The van der Waals surface area contributed by atoms with E-state index in [1.165, 1.54) is 0 Å². The smallest absolute Gasteiger partial charge is 0.338 e. The Hall–Kier alpha value is -4.47. The molecule has 0 aliphatic rings. The zero-order valence-electron chi connectivity index (χ0n) is 25.4. The van der Waals surface area contributed by atoms with Crippen LogP contribution in [0.1, 0.15) is 61.2 Å². The van der Waals surface area contributed by atoms with E-state index in [0.717, 1.165) is 16.5 Å². The number of hydrogen-bond donors (Lipinski definition) is 3. The Morgan fingerprint density at radius 2 is 1.72 bits per heavy atom. The Morgan fingerprint density at radius 3 is 2.37 bits per heavy atom. The number of H-pyrrole nitrogens is 1. The Labute approximate surface area is 252 Å². The molecule has 1 atom stereocenters. The number of esters is 2. The molecule has 4 N–H and O–H groups in total. The summed E-state index contributed by atoms with van der Waals surface area (Å²) in [6.07, 6.45) is 0.490. The summed E-state index contributed by atoms with van der Waals surface area (Å²) in [6, 6.07) is 22.0. The number of aromatic hydroxyl groups is 1. The number of nitrogens with zero attached hydrogens (tertiary/aromatic N) is 2. The third-order valence-electron chi connectivity index (χ3n) is 6.74. The van der Waals surface area contributed by atoms with E-state index in [1.807, 2.05) is 82.4 Å². The summed E-state index contributed by atoms with van der Waals surface area (Å²) in [5, 5.41) is 11.7. The third kappa shape index (κ3) is 8.30. The quantitative estimate of drug-likeness (QED) is 0.152. The number of ether oxygens (including phenoxy) is 2. The van der Waals surface area contributed by atoms with Crippen LogP contribution in [0, 0.1) is 0 Å². The van der Waals surface area contributed by atoms with Gasteiger partial charge < -0.3 is 30.2 Å². The van der Waals surface area contributed by atoms with E-state index in [0.29, 0.717) is 47.6 Å². The number of hydrogen-bond acceptors (Lipinski definition) is 8. The minimum atomic E-state index is -0.674. The second-order valence-electron chi connectivity index (χ2n) is 11.5. The maximum Gasteiger partial charge on any atom is 0.338 e. The van der Waals surface area contributed by atoms with Gasteiger partial charge in [-0.3, -0.25) is 4.79 Å². The highest BCUT2D eigenvalue weighted by Crippen LogP contribution is 2.32. The van der Waals surface area contributed by atoms with Gasteiger partial charge in [-0.05, 0) is 71.0 Å². The van der Waals surface area contributed by atoms with E-state index >= 15 is 0 Å². The van der Waals surface area contributed by atoms with Gasteiger partial charge in [0.1, 0.15) is 11.6 Å². The molecule has 0 saturated heterocycles. The maximum absolute atomic E-state index is 12.3. The number of carbonyl (C=O) groups is 2. The molecule has 9 heteroatoms. The molecule has 0 fully saturated rings. The topological polar surface area (TPSA) is 130 Å². The van der Waals surface area contributed by atoms with E-state index in [9.17, 15) is 14.7 Å². The number of nitrogens with two attached hydrogens (primary N) is 1. The Kier molecular flexibility index (Phi) is 10.0. The van der Waals surface area contributed by atoms with Crippen molar-refractivity contribution in [2.24, 2.45) is 10.7 Å². The zero-order chi connectivity index (χ0) is 31.1. The van der Waals surface area contributed by atoms with E-state index in [-0.39, 0.29) is 12.5 Å². The predicted octanol–water partition coefficient (Wildman–Crippen LogP) is 5.71. The number of benzene rings is 3. The molecule has 0 spiro atoms. The summed E-state index contributed by atoms with van der Waals surface area (Å²) in [5.74, 6) is -0.854. The van der Waals surface area contributed by atoms with Crippen molar-refractivity contribution in [3.8, 4) is 5.88 Å². The van der Waals surface area contributed by atoms with Crippen LogP contribution in [0.2, 0.25) is 0 Å². The first-order valence-corrected chi connectivity index (χ1v) is 14.4. The van der Waals surface area contributed by atoms with Crippen molar-refractivity contribution in [3.63, 3.8) is 0 Å². The average molecular weight is 585 g/mol. The molecule has 4 aromatic rings. The lowest BCUT2D eigenvalue weighted by molar-refractivity contribution is -0.156. The number of aromatic nitrogens is 1. The van der Waals surface area contributed by atoms with Gasteiger partial charge in [0.05, 0.1) is 29.1 Å². The molecule has 0 bridgehead atoms. The van der Waals surface area contributed by atoms with Gasteiger partial charge in [0.25, 0.3) is 0 Å². The molecule has 43 heavy (non-hydrogen) atoms. The van der Waals surface area contributed by atoms with E-state index in [1.54, 1.807) is 25.1 Å². The monoisotopic (exact) mass is 584 g/mol. The SMILES string of the molecule is CCOC(=O)c1ccc2c(C(=Nc3ccc(CN(C)CCC(N)C(=O)OC(C)(C)C)cc3)c3ccccc3)c(O)[nH]c2c1. The number of fused-ring (bicyclic) bond motifs is 1. The molecular weight excluding hydrogens is 544 g/mol. The molecule has 0 aliphatic heterocycles. The summed E-state index contributed by atoms with van der Waals surface area (Å²) >= 11 is 0. The molecule has 0 amide bonds. The first kappa shape index (κ1) is 31.5. The molecule has 0 aliphatic carbocycles. The first-order valence-electron chi connectivity index (χ1n) is 14.4. The van der Waals surface area contributed by atoms with Gasteiger partial charge in [-0.15, -0.1) is 0 Å². The second kappa shape index (κ2) is 13.7. The third-order valence-corrected chi connectivity index (χ3v) is 6.74. The van der Waals surface area contributed by atoms with Crippen molar-refractivity contribution in [1.82, 2.24) is 9.88 Å². The summed E-state index contributed by atoms with van der Waals surface area (Å²) in [7, 11) is 1.98. The fourth-order valence-electron chi connectivity index (χ4n) is 4.68. The van der Waals surface area contributed by atoms with Crippen LogP contribution in [-0.4, -0.2) is 64.5 Å². The summed E-state index contributed by atoms with van der Waals surface area (Å²) < 4.78 is 10.5. The van der Waals surface area contributed by atoms with Crippen molar-refractivity contribution < 1.29 is 24.2 Å². The molecule has 9 nitrogen and oxygen atoms in total. The first-order chi connectivity index (χ1) is 20.4. The highest BCUT2D eigenvalue weighted by atomic mass is 16.6. The molecule has 4 rings (SSSR count). The van der Waals surface area contributed by atoms with Crippen molar-refractivity contribution in [1.29, 1.82) is 0 Å². The number of rotatable bonds is 11. The minimum Gasteiger partial charge on any atom is -0.494 e. The molecule has 0 saturated carbocycles. The van der Waals surface area contributed by atoms with Crippen LogP contribution in [0.4, 0.5) is 5.69 Å². The highest BCUT2D eigenvalue weighted by Gasteiger charge is 2.23. The predicted molar refractivity (Wildman–Crippen MR) is 169 cm³/mol. The second-order valence-corrected chi connectivity index (χ2v) is 11.5. The lowest BCUT2D eigenvalue weighted by Crippen LogP contribution is -2.39. The van der Waals surface area contributed by atoms with Gasteiger partial charge in [-0.25, -0.2) is 9.79 Å². The lowest BCUT2D eigenvalue weighted by atomic mass is 10.00. The normalized spacial score (nSPS) is 12.9. The molecule has 1 heterocycles. The van der Waals surface area contributed by atoms with Crippen molar-refractivity contribution in [2.45, 2.75) is 52.3 Å². The minimum absolute atomic E-state index is 0.0403. The largest absolute Gasteiger partial charge is 0.494 e. The van der Waals surface area contributed by atoms with Gasteiger partial charge >= 0.3 is 11.9 Å². The lowest BCUT2D eigenvalue weighted by Gasteiger charge is -2.23. The van der Waals surface area contributed by atoms with Crippen LogP contribution in [0.25, 0.3) is 10.9 Å². The van der Waals surface area contributed by atoms with Gasteiger partial charge in [0.15, 0.2) is 5.88 Å². The molecule has 226 valence electrons. The van der Waals surface area contributed by atoms with Gasteiger partial charge in [-0.2, -0.15) is 0 Å². The Balaban J connectivity index is 1.54. The number of aromatic amines is 1. The standard InChI is InChI=1S/C34H40N4O5/c1-6-42-32(40)24-14-17-26-28(20-24)37-31(39)29(26)30(23-10-8-7-9-11-23)36-25-15-12-22(13-16-25)21-38(5)19-18-27(35)33(41)43-34(2,3)4/h7-17,20,27,37,39H,6,18-19,21,35H2,1-5H3. The molecule has 0 radical (unpaired) electrons. The Bertz CT molecular complexity index is 1590. The van der Waals surface area contributed by atoms with Crippen LogP contribution in [0.5, 0.6) is 5.88 Å². The van der Waals surface area contributed by atoms with E-state index in [4.69, 9.17) is 20.2 Å².